The lowest BCUT2D eigenvalue weighted by molar-refractivity contribution is -0.147. The van der Waals surface area contributed by atoms with Gasteiger partial charge in [0.1, 0.15) is 6.10 Å². The van der Waals surface area contributed by atoms with Crippen LogP contribution in [-0.4, -0.2) is 81.9 Å². The number of carboxylic acid groups (broad SMARTS) is 2. The van der Waals surface area contributed by atoms with Crippen molar-refractivity contribution in [1.82, 2.24) is 0 Å². The van der Waals surface area contributed by atoms with E-state index >= 15 is 0 Å². The molecule has 0 amide bonds. The van der Waals surface area contributed by atoms with Crippen LogP contribution in [0.3, 0.4) is 0 Å². The summed E-state index contributed by atoms with van der Waals surface area (Å²) in [5, 5.41) is 39.8. The molecule has 0 aromatic carbocycles. The van der Waals surface area contributed by atoms with Crippen molar-refractivity contribution in [2.45, 2.75) is 47.6 Å². The number of ether oxygens (including phenoxy) is 2. The summed E-state index contributed by atoms with van der Waals surface area (Å²) in [5.74, 6) is -2.75. The number of esters is 2. The van der Waals surface area contributed by atoms with E-state index < -0.39 is 35.4 Å². The molecule has 11 heteroatoms. The monoisotopic (exact) mass is 504 g/mol. The third kappa shape index (κ3) is 30.7. The van der Waals surface area contributed by atoms with E-state index in [0.29, 0.717) is 11.1 Å². The molecule has 0 aliphatic carbocycles. The maximum Gasteiger partial charge on any atom is 0.333 e. The molecule has 0 radical (unpaired) electrons. The van der Waals surface area contributed by atoms with E-state index in [0.717, 1.165) is 0 Å². The van der Waals surface area contributed by atoms with Gasteiger partial charge in [-0.1, -0.05) is 40.2 Å². The molecule has 0 heterocycles. The molecule has 35 heavy (non-hydrogen) atoms. The first kappa shape index (κ1) is 39.0. The lowest BCUT2D eigenvalue weighted by atomic mass is 9.96. The average molecular weight is 505 g/mol. The maximum absolute atomic E-state index is 11.2. The summed E-state index contributed by atoms with van der Waals surface area (Å²) in [6.07, 6.45) is -0.954. The SMILES string of the molecule is C=C(C)C(=O)O.C=C(C)C(=O)O.C=C(C)C(=O)OCC(C)(C)COC(=O)C(=C)C.OCC(O)CO. The second-order valence-corrected chi connectivity index (χ2v) is 8.07. The van der Waals surface area contributed by atoms with Gasteiger partial charge in [0.25, 0.3) is 0 Å². The topological polar surface area (TPSA) is 188 Å². The first-order valence-electron chi connectivity index (χ1n) is 10.1. The summed E-state index contributed by atoms with van der Waals surface area (Å²) in [5.41, 5.74) is 0.611. The second-order valence-electron chi connectivity index (χ2n) is 8.07. The van der Waals surface area contributed by atoms with Gasteiger partial charge < -0.3 is 35.0 Å². The summed E-state index contributed by atoms with van der Waals surface area (Å²) in [6, 6.07) is 0. The molecule has 11 nitrogen and oxygen atoms in total. The third-order valence-corrected chi connectivity index (χ3v) is 3.04. The summed E-state index contributed by atoms with van der Waals surface area (Å²) in [7, 11) is 0. The zero-order valence-electron chi connectivity index (χ0n) is 21.4. The van der Waals surface area contributed by atoms with Crippen LogP contribution in [-0.2, 0) is 28.7 Å². The van der Waals surface area contributed by atoms with Gasteiger partial charge in [-0.05, 0) is 27.7 Å². The smallest absolute Gasteiger partial charge is 0.333 e. The maximum atomic E-state index is 11.2. The van der Waals surface area contributed by atoms with Gasteiger partial charge in [0.05, 0.1) is 26.4 Å². The van der Waals surface area contributed by atoms with E-state index in [1.165, 1.54) is 13.8 Å². The van der Waals surface area contributed by atoms with E-state index in [1.54, 1.807) is 13.8 Å². The van der Waals surface area contributed by atoms with Gasteiger partial charge in [-0.2, -0.15) is 0 Å². The fourth-order valence-corrected chi connectivity index (χ4v) is 0.868. The number of carbonyl (C=O) groups excluding carboxylic acids is 2. The Morgan fingerprint density at radius 3 is 1.03 bits per heavy atom. The van der Waals surface area contributed by atoms with Crippen molar-refractivity contribution >= 4 is 23.9 Å². The Kier molecular flexibility index (Phi) is 23.7. The van der Waals surface area contributed by atoms with E-state index in [2.05, 4.69) is 26.3 Å². The van der Waals surface area contributed by atoms with Crippen molar-refractivity contribution < 1.29 is 54.2 Å². The van der Waals surface area contributed by atoms with Gasteiger partial charge in [0.2, 0.25) is 0 Å². The first-order valence-corrected chi connectivity index (χ1v) is 10.1. The van der Waals surface area contributed by atoms with Crippen molar-refractivity contribution in [2.24, 2.45) is 5.41 Å². The standard InChI is InChI=1S/C13H20O4.2C4H6O2.C3H8O3/c1-9(2)11(14)16-7-13(5,6)8-17-12(15)10(3)4;2*1-3(2)4(5)6;4-1-3(6)2-5/h1,3,7-8H2,2,4-6H3;2*1H2,2H3,(H,5,6);3-6H,1-2H2. The molecule has 0 atom stereocenters. The number of hydrogen-bond donors (Lipinski definition) is 5. The number of aliphatic hydroxyl groups excluding tert-OH is 3. The lowest BCUT2D eigenvalue weighted by Crippen LogP contribution is -2.28. The van der Waals surface area contributed by atoms with Crippen LogP contribution in [0, 0.1) is 5.41 Å². The number of hydrogen-bond acceptors (Lipinski definition) is 9. The summed E-state index contributed by atoms with van der Waals surface area (Å²) < 4.78 is 10.0. The number of rotatable bonds is 10. The fourth-order valence-electron chi connectivity index (χ4n) is 0.868. The predicted octanol–water partition coefficient (Wildman–Crippen LogP) is 1.88. The molecule has 5 N–H and O–H groups in total. The highest BCUT2D eigenvalue weighted by atomic mass is 16.5. The highest BCUT2D eigenvalue weighted by Crippen LogP contribution is 2.17. The van der Waals surface area contributed by atoms with Crippen LogP contribution in [0.5, 0.6) is 0 Å². The Morgan fingerprint density at radius 2 is 0.914 bits per heavy atom. The number of carboxylic acids is 2. The van der Waals surface area contributed by atoms with E-state index in [9.17, 15) is 19.2 Å². The first-order chi connectivity index (χ1) is 15.7. The van der Waals surface area contributed by atoms with Crippen molar-refractivity contribution in [1.29, 1.82) is 0 Å². The van der Waals surface area contributed by atoms with Crippen molar-refractivity contribution in [2.75, 3.05) is 26.4 Å². The van der Waals surface area contributed by atoms with Crippen LogP contribution >= 0.6 is 0 Å². The van der Waals surface area contributed by atoms with E-state index in [1.807, 2.05) is 13.8 Å². The minimum absolute atomic E-state index is 0.169. The number of aliphatic carboxylic acids is 2. The number of carbonyl (C=O) groups is 4. The summed E-state index contributed by atoms with van der Waals surface area (Å²) in [6.45, 7) is 22.6. The van der Waals surface area contributed by atoms with Crippen molar-refractivity contribution in [3.8, 4) is 0 Å². The molecule has 0 saturated carbocycles. The highest BCUT2D eigenvalue weighted by molar-refractivity contribution is 5.87. The van der Waals surface area contributed by atoms with Gasteiger partial charge in [-0.3, -0.25) is 0 Å². The molecule has 0 bridgehead atoms. The van der Waals surface area contributed by atoms with E-state index in [-0.39, 0.29) is 37.6 Å². The summed E-state index contributed by atoms with van der Waals surface area (Å²) >= 11 is 0. The highest BCUT2D eigenvalue weighted by Gasteiger charge is 2.23. The Labute approximate surface area is 206 Å². The van der Waals surface area contributed by atoms with Crippen LogP contribution in [0.1, 0.15) is 41.5 Å². The lowest BCUT2D eigenvalue weighted by Gasteiger charge is -2.23. The number of aliphatic hydroxyl groups is 3. The van der Waals surface area contributed by atoms with Gasteiger partial charge >= 0.3 is 23.9 Å². The molecular formula is C24H40O11. The van der Waals surface area contributed by atoms with Crippen LogP contribution in [0.25, 0.3) is 0 Å². The van der Waals surface area contributed by atoms with E-state index in [4.69, 9.17) is 35.0 Å². The van der Waals surface area contributed by atoms with Gasteiger partial charge in [0.15, 0.2) is 0 Å². The van der Waals surface area contributed by atoms with Gasteiger partial charge in [-0.25, -0.2) is 19.2 Å². The molecule has 202 valence electrons. The molecule has 0 aliphatic heterocycles. The Balaban J connectivity index is -0.000000218. The van der Waals surface area contributed by atoms with Crippen molar-refractivity contribution in [3.05, 3.63) is 48.6 Å². The molecule has 0 spiro atoms. The normalized spacial score (nSPS) is 9.43. The molecule has 0 saturated heterocycles. The minimum Gasteiger partial charge on any atom is -0.478 e. The Bertz CT molecular complexity index is 665. The summed E-state index contributed by atoms with van der Waals surface area (Å²) in [4.78, 5) is 41.6. The Hall–Kier alpha value is -3.28. The van der Waals surface area contributed by atoms with Gasteiger partial charge in [-0.15, -0.1) is 0 Å². The largest absolute Gasteiger partial charge is 0.478 e. The molecule has 0 unspecified atom stereocenters. The molecule has 0 aliphatic rings. The van der Waals surface area contributed by atoms with Gasteiger partial charge in [0, 0.05) is 27.7 Å². The minimum atomic E-state index is -0.954. The molecule has 0 fully saturated rings. The molecule has 0 aromatic heterocycles. The van der Waals surface area contributed by atoms with Crippen molar-refractivity contribution in [3.63, 3.8) is 0 Å². The zero-order valence-corrected chi connectivity index (χ0v) is 21.4. The fraction of sp³-hybridized carbons (Fsp3) is 0.500. The third-order valence-electron chi connectivity index (χ3n) is 3.04. The second kappa shape index (κ2) is 21.3. The molecular weight excluding hydrogens is 464 g/mol. The van der Waals surface area contributed by atoms with Crippen LogP contribution < -0.4 is 0 Å². The Morgan fingerprint density at radius 1 is 0.686 bits per heavy atom. The quantitative estimate of drug-likeness (QED) is 0.216. The predicted molar refractivity (Wildman–Crippen MR) is 130 cm³/mol. The molecule has 0 aromatic rings. The molecule has 0 rings (SSSR count). The van der Waals surface area contributed by atoms with Crippen LogP contribution in [0.2, 0.25) is 0 Å². The zero-order chi connectivity index (χ0) is 28.9. The van der Waals surface area contributed by atoms with Crippen LogP contribution in [0.4, 0.5) is 0 Å². The van der Waals surface area contributed by atoms with Crippen LogP contribution in [0.15, 0.2) is 48.6 Å². The average Bonchev–Trinajstić information content (AvgIpc) is 2.76.